The molecule has 2 aliphatic rings. The van der Waals surface area contributed by atoms with Crippen molar-refractivity contribution >= 4 is 23.2 Å². The number of rotatable bonds is 4. The van der Waals surface area contributed by atoms with Crippen molar-refractivity contribution in [3.63, 3.8) is 0 Å². The smallest absolute Gasteiger partial charge is 0.434 e. The maximum absolute atomic E-state index is 13.4. The van der Waals surface area contributed by atoms with E-state index in [9.17, 15) is 35.9 Å². The predicted molar refractivity (Wildman–Crippen MR) is 128 cm³/mol. The van der Waals surface area contributed by atoms with Gasteiger partial charge in [-0.2, -0.15) is 31.4 Å². The molecule has 212 valence electrons. The third kappa shape index (κ3) is 5.65. The van der Waals surface area contributed by atoms with Gasteiger partial charge >= 0.3 is 12.4 Å². The number of aromatic amines is 1. The average Bonchev–Trinajstić information content (AvgIpc) is 2.92. The van der Waals surface area contributed by atoms with Gasteiger partial charge in [0.2, 0.25) is 5.91 Å². The summed E-state index contributed by atoms with van der Waals surface area (Å²) in [4.78, 5) is 36.8. The van der Waals surface area contributed by atoms with Crippen molar-refractivity contribution in [2.75, 3.05) is 42.5 Å². The van der Waals surface area contributed by atoms with Crippen LogP contribution in [0.3, 0.4) is 0 Å². The molecule has 1 aromatic carbocycles. The molecule has 1 saturated heterocycles. The third-order valence-electron chi connectivity index (χ3n) is 6.50. The Bertz CT molecular complexity index is 1440. The van der Waals surface area contributed by atoms with Gasteiger partial charge in [-0.05, 0) is 12.1 Å². The minimum absolute atomic E-state index is 0.0137. The van der Waals surface area contributed by atoms with Crippen LogP contribution in [0.5, 0.6) is 5.75 Å². The summed E-state index contributed by atoms with van der Waals surface area (Å²) in [6.45, 7) is 1.15. The molecule has 0 saturated carbocycles. The maximum Gasteiger partial charge on any atom is 0.434 e. The number of alkyl halides is 6. The first-order valence-corrected chi connectivity index (χ1v) is 12.0. The summed E-state index contributed by atoms with van der Waals surface area (Å²) < 4.78 is 84.2. The van der Waals surface area contributed by atoms with Gasteiger partial charge in [-0.1, -0.05) is 12.1 Å². The van der Waals surface area contributed by atoms with Gasteiger partial charge in [0.1, 0.15) is 23.2 Å². The van der Waals surface area contributed by atoms with Crippen LogP contribution in [0.1, 0.15) is 17.7 Å². The van der Waals surface area contributed by atoms with Crippen LogP contribution >= 0.6 is 0 Å². The Kier molecular flexibility index (Phi) is 7.01. The number of carbonyl (C=O) groups excluding carboxylic acids is 1. The molecule has 0 radical (unpaired) electrons. The monoisotopic (exact) mass is 569 g/mol. The first kappa shape index (κ1) is 27.2. The third-order valence-corrected chi connectivity index (χ3v) is 6.50. The van der Waals surface area contributed by atoms with Crippen molar-refractivity contribution in [3.05, 3.63) is 64.3 Å². The number of amides is 1. The Morgan fingerprint density at radius 2 is 1.70 bits per heavy atom. The van der Waals surface area contributed by atoms with E-state index in [-0.39, 0.29) is 43.6 Å². The zero-order chi connectivity index (χ0) is 28.7. The quantitative estimate of drug-likeness (QED) is 0.478. The second kappa shape index (κ2) is 10.3. The number of nitrogens with one attached hydrogen (secondary N) is 1. The van der Waals surface area contributed by atoms with Gasteiger partial charge < -0.3 is 19.4 Å². The molecule has 0 spiro atoms. The van der Waals surface area contributed by atoms with Crippen LogP contribution in [0, 0.1) is 0 Å². The number of aromatic nitrogens is 4. The summed E-state index contributed by atoms with van der Waals surface area (Å²) in [5.41, 5.74) is -3.44. The molecule has 16 heteroatoms. The molecule has 0 aliphatic carbocycles. The second-order valence-electron chi connectivity index (χ2n) is 9.11. The Morgan fingerprint density at radius 1 is 0.975 bits per heavy atom. The second-order valence-corrected chi connectivity index (χ2v) is 9.11. The number of piperazine rings is 1. The van der Waals surface area contributed by atoms with E-state index in [1.54, 1.807) is 34.1 Å². The fourth-order valence-electron chi connectivity index (χ4n) is 4.51. The van der Waals surface area contributed by atoms with E-state index in [0.29, 0.717) is 36.8 Å². The summed E-state index contributed by atoms with van der Waals surface area (Å²) in [6.07, 6.45) is -8.63. The van der Waals surface area contributed by atoms with E-state index in [0.717, 1.165) is 6.20 Å². The zero-order valence-corrected chi connectivity index (χ0v) is 20.5. The summed E-state index contributed by atoms with van der Waals surface area (Å²) >= 11 is 0. The highest BCUT2D eigenvalue weighted by atomic mass is 19.4. The largest absolute Gasteiger partial charge is 0.486 e. The van der Waals surface area contributed by atoms with Gasteiger partial charge in [0.25, 0.3) is 5.56 Å². The molecule has 2 aromatic heterocycles. The van der Waals surface area contributed by atoms with Crippen LogP contribution in [0.25, 0.3) is 0 Å². The molecule has 4 heterocycles. The lowest BCUT2D eigenvalue weighted by Crippen LogP contribution is -2.50. The minimum atomic E-state index is -4.89. The Labute approximate surface area is 222 Å². The van der Waals surface area contributed by atoms with E-state index in [1.165, 1.54) is 4.90 Å². The molecule has 0 unspecified atom stereocenters. The highest BCUT2D eigenvalue weighted by Crippen LogP contribution is 2.39. The molecule has 1 fully saturated rings. The van der Waals surface area contributed by atoms with Gasteiger partial charge in [0.15, 0.2) is 11.5 Å². The molecule has 1 atom stereocenters. The van der Waals surface area contributed by atoms with Crippen molar-refractivity contribution in [1.82, 2.24) is 25.1 Å². The number of benzene rings is 1. The molecule has 2 aliphatic heterocycles. The topological polar surface area (TPSA) is 108 Å². The number of para-hydroxylation sites is 2. The van der Waals surface area contributed by atoms with Crippen LogP contribution < -0.4 is 20.1 Å². The predicted octanol–water partition coefficient (Wildman–Crippen LogP) is 3.24. The summed E-state index contributed by atoms with van der Waals surface area (Å²) in [5, 5.41) is 5.68. The van der Waals surface area contributed by atoms with Crippen molar-refractivity contribution in [3.8, 4) is 5.75 Å². The molecule has 1 amide bonds. The number of H-pyrrole nitrogens is 1. The van der Waals surface area contributed by atoms with E-state index < -0.39 is 35.3 Å². The van der Waals surface area contributed by atoms with Gasteiger partial charge in [0, 0.05) is 32.2 Å². The molecule has 1 N–H and O–H groups in total. The van der Waals surface area contributed by atoms with Crippen LogP contribution in [-0.2, 0) is 17.1 Å². The maximum atomic E-state index is 13.4. The summed E-state index contributed by atoms with van der Waals surface area (Å²) in [6, 6.07) is 7.22. The Hall–Kier alpha value is -4.37. The summed E-state index contributed by atoms with van der Waals surface area (Å²) in [7, 11) is 0. The number of hydrogen-bond acceptors (Lipinski definition) is 8. The lowest BCUT2D eigenvalue weighted by atomic mass is 10.1. The molecule has 3 aromatic rings. The van der Waals surface area contributed by atoms with Crippen LogP contribution in [0.2, 0.25) is 0 Å². The first-order chi connectivity index (χ1) is 18.9. The number of fused-ring (bicyclic) bond motifs is 1. The fraction of sp³-hybridized carbons (Fsp3) is 0.375. The lowest BCUT2D eigenvalue weighted by molar-refractivity contribution is -0.141. The fourth-order valence-corrected chi connectivity index (χ4v) is 4.51. The van der Waals surface area contributed by atoms with Crippen molar-refractivity contribution in [2.24, 2.45) is 0 Å². The molecular formula is C24H21F6N7O3. The Balaban J connectivity index is 1.26. The SMILES string of the molecule is O=C(C[C@H]1CN(c2cc(C(F)(F)F)c(=O)[nH]n2)c2ccccc2O1)N1CCN(c2cnc(C(F)(F)F)cn2)CC1. The van der Waals surface area contributed by atoms with Crippen LogP contribution in [0.4, 0.5) is 43.7 Å². The zero-order valence-electron chi connectivity index (χ0n) is 20.5. The van der Waals surface area contributed by atoms with Crippen molar-refractivity contribution in [1.29, 1.82) is 0 Å². The van der Waals surface area contributed by atoms with Crippen LogP contribution in [-0.4, -0.2) is 69.8 Å². The van der Waals surface area contributed by atoms with Gasteiger partial charge in [-0.15, -0.1) is 0 Å². The number of ether oxygens (including phenoxy) is 1. The minimum Gasteiger partial charge on any atom is -0.486 e. The van der Waals surface area contributed by atoms with E-state index >= 15 is 0 Å². The number of anilines is 3. The van der Waals surface area contributed by atoms with Gasteiger partial charge in [-0.25, -0.2) is 15.1 Å². The molecule has 10 nitrogen and oxygen atoms in total. The lowest BCUT2D eigenvalue weighted by Gasteiger charge is -2.38. The van der Waals surface area contributed by atoms with Crippen molar-refractivity contribution in [2.45, 2.75) is 24.9 Å². The first-order valence-electron chi connectivity index (χ1n) is 12.0. The normalized spacial score (nSPS) is 17.9. The summed E-state index contributed by atoms with van der Waals surface area (Å²) in [5.74, 6) is 0.160. The molecule has 40 heavy (non-hydrogen) atoms. The Morgan fingerprint density at radius 3 is 2.35 bits per heavy atom. The number of halogens is 6. The van der Waals surface area contributed by atoms with Crippen LogP contribution in [0.15, 0.2) is 47.5 Å². The van der Waals surface area contributed by atoms with E-state index in [2.05, 4.69) is 15.1 Å². The van der Waals surface area contributed by atoms with E-state index in [4.69, 9.17) is 4.74 Å². The molecular weight excluding hydrogens is 548 g/mol. The average molecular weight is 569 g/mol. The highest BCUT2D eigenvalue weighted by molar-refractivity contribution is 5.78. The van der Waals surface area contributed by atoms with Gasteiger partial charge in [-0.3, -0.25) is 9.59 Å². The number of nitrogens with zero attached hydrogens (tertiary/aromatic N) is 6. The number of hydrogen-bond donors (Lipinski definition) is 1. The van der Waals surface area contributed by atoms with E-state index in [1.807, 2.05) is 5.10 Å². The standard InChI is InChI=1S/C24H21F6N7O3/c25-23(26,27)15-10-19(33-34-22(15)39)37-13-14(40-17-4-2-1-3-16(17)37)9-21(38)36-7-5-35(6-8-36)20-12-31-18(11-32-20)24(28,29)30/h1-4,10-12,14H,5-9,13H2,(H,34,39)/t14-/m0/s1. The van der Waals surface area contributed by atoms with Gasteiger partial charge in [0.05, 0.1) is 31.0 Å². The molecule has 5 rings (SSSR count). The molecule has 0 bridgehead atoms. The number of carbonyl (C=O) groups is 1. The van der Waals surface area contributed by atoms with Crippen molar-refractivity contribution < 1.29 is 35.9 Å². The highest BCUT2D eigenvalue weighted by Gasteiger charge is 2.37.